The fourth-order valence-corrected chi connectivity index (χ4v) is 8.57. The number of halogens is 4. The molecule has 20 heteroatoms. The van der Waals surface area contributed by atoms with E-state index in [1.807, 2.05) is 0 Å². The van der Waals surface area contributed by atoms with Crippen LogP contribution in [0.5, 0.6) is 0 Å². The highest BCUT2D eigenvalue weighted by atomic mass is 35.5. The van der Waals surface area contributed by atoms with Crippen molar-refractivity contribution >= 4 is 99.7 Å². The first-order valence-corrected chi connectivity index (χ1v) is 25.0. The molecule has 0 bridgehead atoms. The number of hydrogen-bond donors (Lipinski definition) is 3. The third kappa shape index (κ3) is 16.5. The number of benzene rings is 5. The van der Waals surface area contributed by atoms with Gasteiger partial charge in [-0.3, -0.25) is 19.2 Å². The smallest absolute Gasteiger partial charge is 0.410 e. The molecule has 0 unspecified atom stereocenters. The Hall–Kier alpha value is -6.98. The second-order valence-electron chi connectivity index (χ2n) is 18.8. The van der Waals surface area contributed by atoms with Crippen molar-refractivity contribution in [1.29, 1.82) is 0 Å². The summed E-state index contributed by atoms with van der Waals surface area (Å²) in [7, 11) is 1.61. The van der Waals surface area contributed by atoms with E-state index in [0.717, 1.165) is 4.90 Å². The lowest BCUT2D eigenvalue weighted by atomic mass is 9.95. The Labute approximate surface area is 454 Å². The van der Waals surface area contributed by atoms with Crippen LogP contribution in [0.25, 0.3) is 0 Å². The number of nitrogens with one attached hydrogen (secondary N) is 2. The number of anilines is 1. The first-order chi connectivity index (χ1) is 35.2. The van der Waals surface area contributed by atoms with E-state index in [4.69, 9.17) is 65.7 Å². The number of ether oxygens (including phenoxy) is 3. The van der Waals surface area contributed by atoms with Crippen LogP contribution < -0.4 is 15.5 Å². The van der Waals surface area contributed by atoms with Crippen molar-refractivity contribution in [3.63, 3.8) is 0 Å². The summed E-state index contributed by atoms with van der Waals surface area (Å²) in [4.78, 5) is 104. The third-order valence-electron chi connectivity index (χ3n) is 10.9. The van der Waals surface area contributed by atoms with Crippen LogP contribution in [0.1, 0.15) is 112 Å². The van der Waals surface area contributed by atoms with Crippen molar-refractivity contribution in [1.82, 2.24) is 15.5 Å². The van der Waals surface area contributed by atoms with Gasteiger partial charge in [0, 0.05) is 32.0 Å². The summed E-state index contributed by atoms with van der Waals surface area (Å²) < 4.78 is 16.0. The first kappa shape index (κ1) is 58.9. The van der Waals surface area contributed by atoms with Crippen LogP contribution >= 0.6 is 46.4 Å². The van der Waals surface area contributed by atoms with E-state index in [0.29, 0.717) is 33.5 Å². The lowest BCUT2D eigenvalue weighted by molar-refractivity contribution is -0.150. The molecular formula is C55H56Cl4N4O12. The van der Waals surface area contributed by atoms with Crippen LogP contribution in [0.15, 0.2) is 103 Å². The van der Waals surface area contributed by atoms with Gasteiger partial charge < -0.3 is 34.9 Å². The summed E-state index contributed by atoms with van der Waals surface area (Å²) in [5.41, 5.74) is 2.87. The molecule has 0 radical (unpaired) electrons. The maximum absolute atomic E-state index is 13.6. The Bertz CT molecular complexity index is 2920. The molecule has 0 fully saturated rings. The highest BCUT2D eigenvalue weighted by Gasteiger charge is 2.34. The van der Waals surface area contributed by atoms with Crippen LogP contribution in [0.4, 0.5) is 10.5 Å². The van der Waals surface area contributed by atoms with Gasteiger partial charge in [0.25, 0.3) is 17.7 Å². The van der Waals surface area contributed by atoms with Crippen LogP contribution in [-0.4, -0.2) is 94.6 Å². The largest absolute Gasteiger partial charge is 0.478 e. The van der Waals surface area contributed by atoms with E-state index in [-0.39, 0.29) is 68.7 Å². The molecule has 1 heterocycles. The maximum Gasteiger partial charge on any atom is 0.410 e. The zero-order valence-corrected chi connectivity index (χ0v) is 45.3. The Morgan fingerprint density at radius 2 is 1.08 bits per heavy atom. The Balaban J connectivity index is 0.000000316. The number of amides is 5. The van der Waals surface area contributed by atoms with E-state index < -0.39 is 71.4 Å². The van der Waals surface area contributed by atoms with Gasteiger partial charge in [-0.1, -0.05) is 94.9 Å². The lowest BCUT2D eigenvalue weighted by Gasteiger charge is -2.28. The van der Waals surface area contributed by atoms with Gasteiger partial charge >= 0.3 is 24.0 Å². The Kier molecular flexibility index (Phi) is 20.4. The summed E-state index contributed by atoms with van der Waals surface area (Å²) >= 11 is 24.5. The van der Waals surface area contributed by atoms with E-state index in [1.165, 1.54) is 41.3 Å². The normalized spacial score (nSPS) is 12.9. The molecule has 0 saturated heterocycles. The molecule has 2 atom stereocenters. The van der Waals surface area contributed by atoms with Crippen LogP contribution in [0.2, 0.25) is 20.1 Å². The number of carbonyl (C=O) groups excluding carboxylic acids is 7. The van der Waals surface area contributed by atoms with Crippen LogP contribution in [0.3, 0.4) is 0 Å². The molecule has 0 aliphatic carbocycles. The second-order valence-corrected chi connectivity index (χ2v) is 20.5. The maximum atomic E-state index is 13.6. The monoisotopic (exact) mass is 1100 g/mol. The summed E-state index contributed by atoms with van der Waals surface area (Å²) in [6, 6.07) is 25.0. The molecule has 1 aliphatic heterocycles. The van der Waals surface area contributed by atoms with Gasteiger partial charge in [0.05, 0.1) is 61.1 Å². The standard InChI is InChI=1S/C35H37Cl2N3O7.C20H19Cl2NO5/c1-20(2)46-33(44)28(38-31(42)30-26(36)8-7-9-27(30)37)17-21-11-14-24(15-12-21)40-29(41)18-23-13-10-22(16-25(23)32(40)43)19-39(6)34(45)47-35(3,4)5;1-11(2)28-20(27)16(10-12-6-8-13(9-7-12)19(25)26)23-18(24)17-14(21)4-3-5-15(17)22/h7-16,20,28H,17-19H2,1-6H3,(H,38,42);3-9,11,16H,10H2,1-2H3,(H,23,24)(H,25,26)/t28-;16-/m00/s1. The van der Waals surface area contributed by atoms with Crippen LogP contribution in [0, 0.1) is 0 Å². The molecule has 0 spiro atoms. The number of rotatable bonds is 16. The number of fused-ring (bicyclic) bond motifs is 1. The molecule has 5 amide bonds. The first-order valence-electron chi connectivity index (χ1n) is 23.5. The second kappa shape index (κ2) is 26.0. The van der Waals surface area contributed by atoms with Gasteiger partial charge in [-0.15, -0.1) is 0 Å². The van der Waals surface area contributed by atoms with Crippen molar-refractivity contribution in [2.24, 2.45) is 0 Å². The van der Waals surface area contributed by atoms with Gasteiger partial charge in [0.1, 0.15) is 17.7 Å². The lowest BCUT2D eigenvalue weighted by Crippen LogP contribution is -2.44. The van der Waals surface area contributed by atoms with Crippen molar-refractivity contribution < 1.29 is 57.7 Å². The fourth-order valence-electron chi connectivity index (χ4n) is 7.43. The molecule has 0 aromatic heterocycles. The number of nitrogens with zero attached hydrogens (tertiary/aromatic N) is 2. The zero-order valence-electron chi connectivity index (χ0n) is 42.3. The number of imide groups is 1. The van der Waals surface area contributed by atoms with Crippen molar-refractivity contribution in [3.05, 3.63) is 168 Å². The molecule has 16 nitrogen and oxygen atoms in total. The molecule has 5 aromatic rings. The number of carboxylic acids is 1. The number of aromatic carboxylic acids is 1. The van der Waals surface area contributed by atoms with Crippen molar-refractivity contribution in [2.45, 2.75) is 104 Å². The molecule has 396 valence electrons. The number of carbonyl (C=O) groups is 8. The van der Waals surface area contributed by atoms with Crippen molar-refractivity contribution in [2.75, 3.05) is 11.9 Å². The third-order valence-corrected chi connectivity index (χ3v) is 12.1. The average molecular weight is 1110 g/mol. The topological polar surface area (TPSA) is 215 Å². The predicted molar refractivity (Wildman–Crippen MR) is 285 cm³/mol. The highest BCUT2D eigenvalue weighted by molar-refractivity contribution is 6.40. The van der Waals surface area contributed by atoms with Gasteiger partial charge in [-0.25, -0.2) is 24.1 Å². The van der Waals surface area contributed by atoms with Crippen molar-refractivity contribution in [3.8, 4) is 0 Å². The van der Waals surface area contributed by atoms with Gasteiger partial charge in [0.2, 0.25) is 5.91 Å². The Morgan fingerprint density at radius 3 is 1.49 bits per heavy atom. The summed E-state index contributed by atoms with van der Waals surface area (Å²) in [6.45, 7) is 12.3. The number of carboxylic acid groups (broad SMARTS) is 1. The molecule has 0 saturated carbocycles. The molecule has 6 rings (SSSR count). The summed E-state index contributed by atoms with van der Waals surface area (Å²) in [5, 5.41) is 14.9. The number of esters is 2. The average Bonchev–Trinajstić information content (AvgIpc) is 3.31. The fraction of sp³-hybridized carbons (Fsp3) is 0.309. The van der Waals surface area contributed by atoms with E-state index >= 15 is 0 Å². The minimum absolute atomic E-state index is 0.0186. The molecule has 1 aliphatic rings. The van der Waals surface area contributed by atoms with Crippen LogP contribution in [-0.2, 0) is 54.4 Å². The predicted octanol–water partition coefficient (Wildman–Crippen LogP) is 10.4. The Morgan fingerprint density at radius 1 is 0.653 bits per heavy atom. The van der Waals surface area contributed by atoms with Gasteiger partial charge in [-0.05, 0) is 125 Å². The number of hydrogen-bond acceptors (Lipinski definition) is 11. The molecular weight excluding hydrogens is 1050 g/mol. The molecule has 3 N–H and O–H groups in total. The van der Waals surface area contributed by atoms with Gasteiger partial charge in [-0.2, -0.15) is 0 Å². The quantitative estimate of drug-likeness (QED) is 0.0478. The minimum Gasteiger partial charge on any atom is -0.478 e. The summed E-state index contributed by atoms with van der Waals surface area (Å²) in [5.74, 6) is -4.44. The van der Waals surface area contributed by atoms with E-state index in [2.05, 4.69) is 10.6 Å². The summed E-state index contributed by atoms with van der Waals surface area (Å²) in [6.07, 6.45) is -1.11. The van der Waals surface area contributed by atoms with E-state index in [1.54, 1.807) is 122 Å². The van der Waals surface area contributed by atoms with Gasteiger partial charge in [0.15, 0.2) is 0 Å². The minimum atomic E-state index is -1.08. The molecule has 75 heavy (non-hydrogen) atoms. The van der Waals surface area contributed by atoms with E-state index in [9.17, 15) is 38.4 Å². The zero-order chi connectivity index (χ0) is 55.5. The molecule has 5 aromatic carbocycles. The SMILES string of the molecule is CC(C)OC(=O)[C@H](Cc1ccc(C(=O)O)cc1)NC(=O)c1c(Cl)cccc1Cl.CC(C)OC(=O)[C@H](Cc1ccc(N2C(=O)Cc3ccc(CN(C)C(=O)OC(C)(C)C)cc3C2=O)cc1)NC(=O)c1c(Cl)cccc1Cl. The highest BCUT2D eigenvalue weighted by Crippen LogP contribution is 2.29.